The topological polar surface area (TPSA) is 28.2 Å². The molecule has 3 rings (SSSR count). The van der Waals surface area contributed by atoms with Gasteiger partial charge in [-0.2, -0.15) is 0 Å². The molecule has 2 aliphatic rings. The molecular weight excluding hydrogens is 266 g/mol. The van der Waals surface area contributed by atoms with Crippen molar-refractivity contribution >= 4 is 11.3 Å². The van der Waals surface area contributed by atoms with Crippen molar-refractivity contribution in [3.8, 4) is 0 Å². The van der Waals surface area contributed by atoms with Gasteiger partial charge in [0.2, 0.25) is 0 Å². The molecule has 1 aromatic rings. The lowest BCUT2D eigenvalue weighted by Gasteiger charge is -2.44. The molecule has 0 radical (unpaired) electrons. The monoisotopic (exact) mass is 293 g/mol. The molecule has 0 unspecified atom stereocenters. The lowest BCUT2D eigenvalue weighted by Crippen LogP contribution is -2.40. The predicted octanol–water partition coefficient (Wildman–Crippen LogP) is 3.41. The number of hydrogen-bond acceptors (Lipinski definition) is 4. The molecule has 4 heteroatoms. The van der Waals surface area contributed by atoms with E-state index >= 15 is 0 Å². The van der Waals surface area contributed by atoms with Crippen LogP contribution in [-0.4, -0.2) is 30.0 Å². The molecule has 1 saturated carbocycles. The highest BCUT2D eigenvalue weighted by atomic mass is 32.1. The van der Waals surface area contributed by atoms with Crippen LogP contribution in [-0.2, 0) is 13.1 Å². The van der Waals surface area contributed by atoms with Crippen molar-refractivity contribution in [1.29, 1.82) is 0 Å². The summed E-state index contributed by atoms with van der Waals surface area (Å²) >= 11 is 1.78. The normalized spacial score (nSPS) is 23.2. The van der Waals surface area contributed by atoms with Gasteiger partial charge in [0.1, 0.15) is 5.01 Å². The lowest BCUT2D eigenvalue weighted by atomic mass is 9.68. The van der Waals surface area contributed by atoms with Gasteiger partial charge in [-0.1, -0.05) is 19.3 Å². The van der Waals surface area contributed by atoms with Crippen LogP contribution >= 0.6 is 11.3 Å². The van der Waals surface area contributed by atoms with Crippen LogP contribution in [0.25, 0.3) is 0 Å². The van der Waals surface area contributed by atoms with Crippen LogP contribution in [0.3, 0.4) is 0 Å². The Labute approximate surface area is 126 Å². The first-order valence-electron chi connectivity index (χ1n) is 8.10. The predicted molar refractivity (Wildman–Crippen MR) is 84.9 cm³/mol. The number of piperidine rings is 1. The van der Waals surface area contributed by atoms with Crippen molar-refractivity contribution in [3.05, 3.63) is 16.1 Å². The number of thiazole rings is 1. The van der Waals surface area contributed by atoms with Crippen LogP contribution < -0.4 is 5.32 Å². The van der Waals surface area contributed by atoms with E-state index in [-0.39, 0.29) is 0 Å². The molecule has 0 atom stereocenters. The Morgan fingerprint density at radius 1 is 1.20 bits per heavy atom. The highest BCUT2D eigenvalue weighted by Crippen LogP contribution is 2.44. The molecule has 1 saturated heterocycles. The standard InChI is InChI=1S/C16H27N3S/c1-17-11-15-18-14(13-20-15)12-19-9-7-16(8-10-19)5-3-2-4-6-16/h13,17H,2-12H2,1H3. The van der Waals surface area contributed by atoms with E-state index in [0.717, 1.165) is 13.1 Å². The van der Waals surface area contributed by atoms with Gasteiger partial charge >= 0.3 is 0 Å². The summed E-state index contributed by atoms with van der Waals surface area (Å²) in [5.41, 5.74) is 1.98. The zero-order chi connectivity index (χ0) is 13.8. The second-order valence-electron chi connectivity index (χ2n) is 6.60. The molecule has 20 heavy (non-hydrogen) atoms. The van der Waals surface area contributed by atoms with E-state index in [1.165, 1.54) is 68.7 Å². The van der Waals surface area contributed by atoms with Gasteiger partial charge in [0.05, 0.1) is 5.69 Å². The second-order valence-corrected chi connectivity index (χ2v) is 7.54. The summed E-state index contributed by atoms with van der Waals surface area (Å²) in [5, 5.41) is 6.62. The molecule has 1 aliphatic carbocycles. The molecule has 0 amide bonds. The van der Waals surface area contributed by atoms with Crippen LogP contribution in [0.2, 0.25) is 0 Å². The Bertz CT molecular complexity index is 413. The van der Waals surface area contributed by atoms with Gasteiger partial charge in [-0.3, -0.25) is 4.90 Å². The van der Waals surface area contributed by atoms with Crippen LogP contribution in [0.4, 0.5) is 0 Å². The highest BCUT2D eigenvalue weighted by Gasteiger charge is 2.35. The molecule has 0 bridgehead atoms. The van der Waals surface area contributed by atoms with Gasteiger partial charge in [-0.25, -0.2) is 4.98 Å². The highest BCUT2D eigenvalue weighted by molar-refractivity contribution is 7.09. The van der Waals surface area contributed by atoms with E-state index in [4.69, 9.17) is 4.98 Å². The van der Waals surface area contributed by atoms with E-state index < -0.39 is 0 Å². The van der Waals surface area contributed by atoms with E-state index in [2.05, 4.69) is 15.6 Å². The average Bonchev–Trinajstić information content (AvgIpc) is 2.91. The maximum Gasteiger partial charge on any atom is 0.107 e. The Hall–Kier alpha value is -0.450. The SMILES string of the molecule is CNCc1nc(CN2CCC3(CCCCC3)CC2)cs1. The van der Waals surface area contributed by atoms with E-state index in [1.807, 2.05) is 7.05 Å². The van der Waals surface area contributed by atoms with Crippen LogP contribution in [0, 0.1) is 5.41 Å². The summed E-state index contributed by atoms with van der Waals surface area (Å²) in [6.45, 7) is 4.50. The fourth-order valence-electron chi connectivity index (χ4n) is 3.87. The molecule has 2 fully saturated rings. The minimum absolute atomic E-state index is 0.716. The molecular formula is C16H27N3S. The molecule has 2 heterocycles. The van der Waals surface area contributed by atoms with Gasteiger partial charge in [0.25, 0.3) is 0 Å². The lowest BCUT2D eigenvalue weighted by molar-refractivity contribution is 0.0636. The van der Waals surface area contributed by atoms with Crippen molar-refractivity contribution in [1.82, 2.24) is 15.2 Å². The number of rotatable bonds is 4. The van der Waals surface area contributed by atoms with E-state index in [0.29, 0.717) is 5.41 Å². The van der Waals surface area contributed by atoms with E-state index in [9.17, 15) is 0 Å². The fraction of sp³-hybridized carbons (Fsp3) is 0.812. The molecule has 3 nitrogen and oxygen atoms in total. The molecule has 1 aliphatic heterocycles. The zero-order valence-corrected chi connectivity index (χ0v) is 13.5. The summed E-state index contributed by atoms with van der Waals surface area (Å²) in [6, 6.07) is 0. The largest absolute Gasteiger partial charge is 0.314 e. The first-order valence-corrected chi connectivity index (χ1v) is 8.98. The Morgan fingerprint density at radius 3 is 2.65 bits per heavy atom. The number of aromatic nitrogens is 1. The van der Waals surface area contributed by atoms with Crippen molar-refractivity contribution < 1.29 is 0 Å². The van der Waals surface area contributed by atoms with E-state index in [1.54, 1.807) is 11.3 Å². The average molecular weight is 293 g/mol. The molecule has 1 aromatic heterocycles. The van der Waals surface area contributed by atoms with Crippen molar-refractivity contribution in [2.24, 2.45) is 5.41 Å². The number of nitrogens with zero attached hydrogens (tertiary/aromatic N) is 2. The van der Waals surface area contributed by atoms with Crippen LogP contribution in [0.15, 0.2) is 5.38 Å². The van der Waals surface area contributed by atoms with Gasteiger partial charge in [0.15, 0.2) is 0 Å². The summed E-state index contributed by atoms with van der Waals surface area (Å²) in [6.07, 6.45) is 10.2. The molecule has 0 aromatic carbocycles. The van der Waals surface area contributed by atoms with Crippen molar-refractivity contribution in [2.75, 3.05) is 20.1 Å². The Morgan fingerprint density at radius 2 is 1.95 bits per heavy atom. The van der Waals surface area contributed by atoms with Gasteiger partial charge in [-0.15, -0.1) is 11.3 Å². The molecule has 1 N–H and O–H groups in total. The van der Waals surface area contributed by atoms with Crippen molar-refractivity contribution in [2.45, 2.75) is 58.0 Å². The fourth-order valence-corrected chi connectivity index (χ4v) is 4.67. The number of likely N-dealkylation sites (tertiary alicyclic amines) is 1. The maximum absolute atomic E-state index is 4.71. The Kier molecular flexibility index (Phi) is 4.74. The summed E-state index contributed by atoms with van der Waals surface area (Å²) in [4.78, 5) is 7.32. The third-order valence-electron chi connectivity index (χ3n) is 5.14. The second kappa shape index (κ2) is 6.54. The minimum Gasteiger partial charge on any atom is -0.314 e. The van der Waals surface area contributed by atoms with Crippen molar-refractivity contribution in [3.63, 3.8) is 0 Å². The number of nitrogens with one attached hydrogen (secondary N) is 1. The van der Waals surface area contributed by atoms with Gasteiger partial charge in [0, 0.05) is 18.5 Å². The maximum atomic E-state index is 4.71. The van der Waals surface area contributed by atoms with Crippen LogP contribution in [0.1, 0.15) is 55.6 Å². The molecule has 112 valence electrons. The third-order valence-corrected chi connectivity index (χ3v) is 6.04. The summed E-state index contributed by atoms with van der Waals surface area (Å²) in [7, 11) is 1.98. The van der Waals surface area contributed by atoms with Gasteiger partial charge < -0.3 is 5.32 Å². The minimum atomic E-state index is 0.716. The van der Waals surface area contributed by atoms with Crippen LogP contribution in [0.5, 0.6) is 0 Å². The third kappa shape index (κ3) is 3.41. The molecule has 1 spiro atoms. The Balaban J connectivity index is 1.50. The first kappa shape index (κ1) is 14.5. The smallest absolute Gasteiger partial charge is 0.107 e. The number of hydrogen-bond donors (Lipinski definition) is 1. The zero-order valence-electron chi connectivity index (χ0n) is 12.7. The van der Waals surface area contributed by atoms with Gasteiger partial charge in [-0.05, 0) is 51.2 Å². The quantitative estimate of drug-likeness (QED) is 0.922. The first-order chi connectivity index (χ1) is 9.80. The summed E-state index contributed by atoms with van der Waals surface area (Å²) < 4.78 is 0. The summed E-state index contributed by atoms with van der Waals surface area (Å²) in [5.74, 6) is 0.